The topological polar surface area (TPSA) is 93.8 Å². The van der Waals surface area contributed by atoms with Gasteiger partial charge in [0.05, 0.1) is 12.1 Å². The van der Waals surface area contributed by atoms with Gasteiger partial charge in [0.1, 0.15) is 0 Å². The van der Waals surface area contributed by atoms with E-state index in [1.807, 2.05) is 48.5 Å². The SMILES string of the molecule is NC(N)=N/N=C(\CC(=O)c1ccccc1)c1ccccc1. The van der Waals surface area contributed by atoms with Gasteiger partial charge >= 0.3 is 0 Å². The van der Waals surface area contributed by atoms with Crippen molar-refractivity contribution in [1.82, 2.24) is 0 Å². The average molecular weight is 280 g/mol. The standard InChI is InChI=1S/C16H16N4O/c17-16(18)20-19-14(12-7-3-1-4-8-12)11-15(21)13-9-5-2-6-10-13/h1-10H,11H2,(H4,17,18,20)/b19-14+. The Labute approximate surface area is 123 Å². The second-order valence-electron chi connectivity index (χ2n) is 4.40. The van der Waals surface area contributed by atoms with Gasteiger partial charge in [-0.1, -0.05) is 60.7 Å². The first-order chi connectivity index (χ1) is 10.2. The molecule has 0 fully saturated rings. The molecule has 0 aliphatic carbocycles. The van der Waals surface area contributed by atoms with Gasteiger partial charge in [0.25, 0.3) is 0 Å². The molecule has 2 aromatic carbocycles. The van der Waals surface area contributed by atoms with Crippen LogP contribution in [-0.2, 0) is 0 Å². The highest BCUT2D eigenvalue weighted by atomic mass is 16.1. The monoisotopic (exact) mass is 280 g/mol. The van der Waals surface area contributed by atoms with Crippen LogP contribution in [0.25, 0.3) is 0 Å². The molecule has 0 radical (unpaired) electrons. The molecule has 0 spiro atoms. The Hall–Kier alpha value is -2.95. The molecule has 0 aliphatic heterocycles. The van der Waals surface area contributed by atoms with Crippen molar-refractivity contribution in [3.05, 3.63) is 71.8 Å². The summed E-state index contributed by atoms with van der Waals surface area (Å²) in [6.07, 6.45) is 0.130. The average Bonchev–Trinajstić information content (AvgIpc) is 2.52. The van der Waals surface area contributed by atoms with Crippen LogP contribution >= 0.6 is 0 Å². The van der Waals surface area contributed by atoms with Gasteiger partial charge in [-0.05, 0) is 5.56 Å². The highest BCUT2D eigenvalue weighted by molar-refractivity contribution is 6.15. The second-order valence-corrected chi connectivity index (χ2v) is 4.40. The van der Waals surface area contributed by atoms with Crippen molar-refractivity contribution in [2.75, 3.05) is 0 Å². The largest absolute Gasteiger partial charge is 0.369 e. The molecule has 2 rings (SSSR count). The number of rotatable bonds is 5. The zero-order valence-corrected chi connectivity index (χ0v) is 11.4. The summed E-state index contributed by atoms with van der Waals surface area (Å²) in [4.78, 5) is 12.3. The van der Waals surface area contributed by atoms with Gasteiger partial charge < -0.3 is 11.5 Å². The Morgan fingerprint density at radius 1 is 0.810 bits per heavy atom. The van der Waals surface area contributed by atoms with E-state index in [0.717, 1.165) is 5.56 Å². The van der Waals surface area contributed by atoms with Crippen LogP contribution in [0.4, 0.5) is 0 Å². The summed E-state index contributed by atoms with van der Waals surface area (Å²) < 4.78 is 0. The molecule has 0 amide bonds. The van der Waals surface area contributed by atoms with Crippen LogP contribution in [0.15, 0.2) is 70.9 Å². The lowest BCUT2D eigenvalue weighted by atomic mass is 10.0. The summed E-state index contributed by atoms with van der Waals surface area (Å²) >= 11 is 0. The van der Waals surface area contributed by atoms with Gasteiger partial charge in [-0.3, -0.25) is 4.79 Å². The summed E-state index contributed by atoms with van der Waals surface area (Å²) in [6.45, 7) is 0. The van der Waals surface area contributed by atoms with Crippen molar-refractivity contribution in [3.8, 4) is 0 Å². The van der Waals surface area contributed by atoms with Crippen molar-refractivity contribution in [2.24, 2.45) is 21.7 Å². The number of guanidine groups is 1. The molecule has 0 atom stereocenters. The summed E-state index contributed by atoms with van der Waals surface area (Å²) in [6, 6.07) is 18.4. The molecule has 0 aromatic heterocycles. The minimum absolute atomic E-state index is 0.0380. The third kappa shape index (κ3) is 4.28. The molecule has 0 heterocycles. The predicted molar refractivity (Wildman–Crippen MR) is 84.2 cm³/mol. The van der Waals surface area contributed by atoms with Gasteiger partial charge in [0.15, 0.2) is 5.78 Å². The lowest BCUT2D eigenvalue weighted by molar-refractivity contribution is 0.100. The Morgan fingerprint density at radius 3 is 1.86 bits per heavy atom. The molecule has 21 heavy (non-hydrogen) atoms. The molecule has 0 aliphatic rings. The van der Waals surface area contributed by atoms with Crippen LogP contribution in [0.3, 0.4) is 0 Å². The van der Waals surface area contributed by atoms with Crippen molar-refractivity contribution in [1.29, 1.82) is 0 Å². The number of Topliss-reactive ketones (excluding diaryl/α,β-unsaturated/α-hetero) is 1. The maximum Gasteiger partial charge on any atom is 0.211 e. The Balaban J connectivity index is 2.27. The second kappa shape index (κ2) is 7.00. The van der Waals surface area contributed by atoms with Crippen molar-refractivity contribution < 1.29 is 4.79 Å². The third-order valence-electron chi connectivity index (χ3n) is 2.82. The molecule has 2 aromatic rings. The molecular weight excluding hydrogens is 264 g/mol. The Bertz CT molecular complexity index is 659. The van der Waals surface area contributed by atoms with Gasteiger partial charge in [0.2, 0.25) is 5.96 Å². The van der Waals surface area contributed by atoms with Gasteiger partial charge in [-0.25, -0.2) is 0 Å². The molecule has 0 saturated carbocycles. The van der Waals surface area contributed by atoms with E-state index in [4.69, 9.17) is 11.5 Å². The number of carbonyl (C=O) groups excluding carboxylic acids is 1. The molecule has 5 nitrogen and oxygen atoms in total. The number of nitrogens with zero attached hydrogens (tertiary/aromatic N) is 2. The fourth-order valence-electron chi connectivity index (χ4n) is 1.82. The predicted octanol–water partition coefficient (Wildman–Crippen LogP) is 1.94. The van der Waals surface area contributed by atoms with Crippen molar-refractivity contribution >= 4 is 17.5 Å². The summed E-state index contributed by atoms with van der Waals surface area (Å²) in [5.41, 5.74) is 12.6. The maximum absolute atomic E-state index is 12.3. The first kappa shape index (κ1) is 14.5. The van der Waals surface area contributed by atoms with Crippen LogP contribution in [0, 0.1) is 0 Å². The van der Waals surface area contributed by atoms with Gasteiger partial charge in [-0.15, -0.1) is 5.10 Å². The zero-order chi connectivity index (χ0) is 15.1. The van der Waals surface area contributed by atoms with E-state index in [1.54, 1.807) is 12.1 Å². The molecule has 0 saturated heterocycles. The van der Waals surface area contributed by atoms with E-state index in [2.05, 4.69) is 10.2 Å². The van der Waals surface area contributed by atoms with E-state index in [-0.39, 0.29) is 18.2 Å². The molecule has 0 bridgehead atoms. The lowest BCUT2D eigenvalue weighted by Gasteiger charge is -2.05. The molecule has 5 heteroatoms. The van der Waals surface area contributed by atoms with Gasteiger partial charge in [0, 0.05) is 5.56 Å². The highest BCUT2D eigenvalue weighted by Gasteiger charge is 2.12. The van der Waals surface area contributed by atoms with E-state index >= 15 is 0 Å². The number of ketones is 1. The third-order valence-corrected chi connectivity index (χ3v) is 2.82. The van der Waals surface area contributed by atoms with Crippen LogP contribution < -0.4 is 11.5 Å². The fraction of sp³-hybridized carbons (Fsp3) is 0.0625. The normalized spacial score (nSPS) is 11.0. The van der Waals surface area contributed by atoms with Crippen LogP contribution in [0.2, 0.25) is 0 Å². The Morgan fingerprint density at radius 2 is 1.33 bits per heavy atom. The Kier molecular flexibility index (Phi) is 4.82. The number of carbonyl (C=O) groups is 1. The summed E-state index contributed by atoms with van der Waals surface area (Å²) in [7, 11) is 0. The molecule has 0 unspecified atom stereocenters. The first-order valence-corrected chi connectivity index (χ1v) is 6.46. The summed E-state index contributed by atoms with van der Waals surface area (Å²) in [5, 5.41) is 7.65. The van der Waals surface area contributed by atoms with E-state index in [0.29, 0.717) is 11.3 Å². The first-order valence-electron chi connectivity index (χ1n) is 6.46. The van der Waals surface area contributed by atoms with Crippen molar-refractivity contribution in [2.45, 2.75) is 6.42 Å². The van der Waals surface area contributed by atoms with Crippen LogP contribution in [0.5, 0.6) is 0 Å². The van der Waals surface area contributed by atoms with Crippen LogP contribution in [0.1, 0.15) is 22.3 Å². The zero-order valence-electron chi connectivity index (χ0n) is 11.4. The smallest absolute Gasteiger partial charge is 0.211 e. The lowest BCUT2D eigenvalue weighted by Crippen LogP contribution is -2.22. The quantitative estimate of drug-likeness (QED) is 0.379. The van der Waals surface area contributed by atoms with E-state index < -0.39 is 0 Å². The van der Waals surface area contributed by atoms with Crippen LogP contribution in [-0.4, -0.2) is 17.5 Å². The molecule has 4 N–H and O–H groups in total. The van der Waals surface area contributed by atoms with E-state index in [9.17, 15) is 4.79 Å². The molecular formula is C16H16N4O. The molecule has 106 valence electrons. The number of hydrogen-bond donors (Lipinski definition) is 2. The maximum atomic E-state index is 12.3. The van der Waals surface area contributed by atoms with Gasteiger partial charge in [-0.2, -0.15) is 5.10 Å². The highest BCUT2D eigenvalue weighted by Crippen LogP contribution is 2.10. The number of benzene rings is 2. The van der Waals surface area contributed by atoms with E-state index in [1.165, 1.54) is 0 Å². The summed E-state index contributed by atoms with van der Waals surface area (Å²) in [5.74, 6) is -0.181. The fourth-order valence-corrected chi connectivity index (χ4v) is 1.82. The minimum Gasteiger partial charge on any atom is -0.369 e. The van der Waals surface area contributed by atoms with Crippen molar-refractivity contribution in [3.63, 3.8) is 0 Å². The minimum atomic E-state index is -0.143. The number of nitrogens with two attached hydrogens (primary N) is 2. The number of hydrogen-bond acceptors (Lipinski definition) is 3.